The summed E-state index contributed by atoms with van der Waals surface area (Å²) in [5.74, 6) is 0.794. The van der Waals surface area contributed by atoms with Crippen molar-refractivity contribution in [1.29, 1.82) is 0 Å². The lowest BCUT2D eigenvalue weighted by Gasteiger charge is -2.10. The summed E-state index contributed by atoms with van der Waals surface area (Å²) < 4.78 is 5.61. The van der Waals surface area contributed by atoms with Crippen molar-refractivity contribution in [2.75, 3.05) is 0 Å². The molecule has 0 spiro atoms. The maximum Gasteiger partial charge on any atom is 0.343 e. The van der Waals surface area contributed by atoms with Gasteiger partial charge in [0.15, 0.2) is 0 Å². The third-order valence-corrected chi connectivity index (χ3v) is 5.30. The van der Waals surface area contributed by atoms with Crippen LogP contribution in [-0.2, 0) is 6.42 Å². The van der Waals surface area contributed by atoms with E-state index in [4.69, 9.17) is 4.74 Å². The normalized spacial score (nSPS) is 13.0. The molecule has 26 heavy (non-hydrogen) atoms. The van der Waals surface area contributed by atoms with Crippen molar-refractivity contribution in [2.45, 2.75) is 32.6 Å². The zero-order chi connectivity index (χ0) is 18.1. The van der Waals surface area contributed by atoms with Gasteiger partial charge in [-0.25, -0.2) is 4.79 Å². The fourth-order valence-electron chi connectivity index (χ4n) is 3.53. The standard InChI is InChI=1S/C24H22O2/c1-3-16(2)17-8-10-18(11-9-17)24(25)26-21-12-13-23-20(15-21)14-19-6-4-5-7-22(19)23/h4-13,15-16H,3,14H2,1-2H3. The molecule has 3 aromatic carbocycles. The lowest BCUT2D eigenvalue weighted by atomic mass is 9.98. The first-order valence-corrected chi connectivity index (χ1v) is 9.19. The molecular formula is C24H22O2. The predicted molar refractivity (Wildman–Crippen MR) is 105 cm³/mol. The summed E-state index contributed by atoms with van der Waals surface area (Å²) in [6, 6.07) is 22.1. The van der Waals surface area contributed by atoms with E-state index in [2.05, 4.69) is 44.2 Å². The Morgan fingerprint density at radius 3 is 2.46 bits per heavy atom. The van der Waals surface area contributed by atoms with E-state index in [0.717, 1.165) is 12.8 Å². The van der Waals surface area contributed by atoms with Gasteiger partial charge in [0, 0.05) is 0 Å². The zero-order valence-corrected chi connectivity index (χ0v) is 15.2. The number of benzene rings is 3. The Bertz CT molecular complexity index is 954. The van der Waals surface area contributed by atoms with E-state index in [1.54, 1.807) is 0 Å². The minimum absolute atomic E-state index is 0.309. The predicted octanol–water partition coefficient (Wildman–Crippen LogP) is 5.99. The van der Waals surface area contributed by atoms with Crippen molar-refractivity contribution in [3.05, 3.63) is 89.0 Å². The number of carbonyl (C=O) groups is 1. The second-order valence-corrected chi connectivity index (χ2v) is 6.97. The van der Waals surface area contributed by atoms with E-state index in [-0.39, 0.29) is 5.97 Å². The van der Waals surface area contributed by atoms with E-state index in [1.807, 2.05) is 36.4 Å². The molecular weight excluding hydrogens is 320 g/mol. The monoisotopic (exact) mass is 342 g/mol. The highest BCUT2D eigenvalue weighted by Gasteiger charge is 2.19. The third kappa shape index (κ3) is 3.03. The van der Waals surface area contributed by atoms with Crippen LogP contribution in [0.15, 0.2) is 66.7 Å². The van der Waals surface area contributed by atoms with Crippen molar-refractivity contribution in [2.24, 2.45) is 0 Å². The summed E-state index contributed by atoms with van der Waals surface area (Å²) in [4.78, 5) is 12.5. The van der Waals surface area contributed by atoms with Crippen molar-refractivity contribution in [1.82, 2.24) is 0 Å². The van der Waals surface area contributed by atoms with E-state index < -0.39 is 0 Å². The summed E-state index contributed by atoms with van der Waals surface area (Å²) in [5.41, 5.74) is 6.88. The van der Waals surface area contributed by atoms with Crippen LogP contribution in [0, 0.1) is 0 Å². The number of hydrogen-bond acceptors (Lipinski definition) is 2. The van der Waals surface area contributed by atoms with Crippen LogP contribution < -0.4 is 4.74 Å². The average Bonchev–Trinajstić information content (AvgIpc) is 3.05. The minimum atomic E-state index is -0.309. The molecule has 3 aromatic rings. The Labute approximate surface area is 154 Å². The van der Waals surface area contributed by atoms with Crippen LogP contribution in [0.5, 0.6) is 5.75 Å². The van der Waals surface area contributed by atoms with Gasteiger partial charge in [0.2, 0.25) is 0 Å². The highest BCUT2D eigenvalue weighted by Crippen LogP contribution is 2.38. The fraction of sp³-hybridized carbons (Fsp3) is 0.208. The molecule has 0 bridgehead atoms. The molecule has 130 valence electrons. The summed E-state index contributed by atoms with van der Waals surface area (Å²) in [6.07, 6.45) is 1.97. The van der Waals surface area contributed by atoms with Crippen LogP contribution in [0.4, 0.5) is 0 Å². The average molecular weight is 342 g/mol. The maximum atomic E-state index is 12.5. The molecule has 1 atom stereocenters. The number of esters is 1. The van der Waals surface area contributed by atoms with E-state index in [1.165, 1.54) is 27.8 Å². The van der Waals surface area contributed by atoms with Gasteiger partial charge in [0.1, 0.15) is 5.75 Å². The van der Waals surface area contributed by atoms with Gasteiger partial charge in [-0.15, -0.1) is 0 Å². The van der Waals surface area contributed by atoms with Crippen molar-refractivity contribution >= 4 is 5.97 Å². The van der Waals surface area contributed by atoms with Crippen molar-refractivity contribution in [3.63, 3.8) is 0 Å². The third-order valence-electron chi connectivity index (χ3n) is 5.30. The van der Waals surface area contributed by atoms with Gasteiger partial charge < -0.3 is 4.74 Å². The topological polar surface area (TPSA) is 26.3 Å². The molecule has 4 rings (SSSR count). The van der Waals surface area contributed by atoms with Crippen LogP contribution >= 0.6 is 0 Å². The first-order chi connectivity index (χ1) is 12.7. The zero-order valence-electron chi connectivity index (χ0n) is 15.2. The fourth-order valence-corrected chi connectivity index (χ4v) is 3.53. The van der Waals surface area contributed by atoms with Crippen LogP contribution in [-0.4, -0.2) is 5.97 Å². The van der Waals surface area contributed by atoms with Gasteiger partial charge in [0.05, 0.1) is 5.56 Å². The lowest BCUT2D eigenvalue weighted by Crippen LogP contribution is -2.08. The first kappa shape index (κ1) is 16.6. The molecule has 0 heterocycles. The van der Waals surface area contributed by atoms with Crippen molar-refractivity contribution < 1.29 is 9.53 Å². The smallest absolute Gasteiger partial charge is 0.343 e. The van der Waals surface area contributed by atoms with Crippen LogP contribution in [0.3, 0.4) is 0 Å². The highest BCUT2D eigenvalue weighted by molar-refractivity contribution is 5.91. The van der Waals surface area contributed by atoms with Crippen LogP contribution in [0.25, 0.3) is 11.1 Å². The largest absolute Gasteiger partial charge is 0.423 e. The van der Waals surface area contributed by atoms with Crippen LogP contribution in [0.1, 0.15) is 53.2 Å². The minimum Gasteiger partial charge on any atom is -0.423 e. The molecule has 2 heteroatoms. The molecule has 0 fully saturated rings. The second kappa shape index (κ2) is 6.80. The molecule has 1 aliphatic rings. The summed E-state index contributed by atoms with van der Waals surface area (Å²) in [6.45, 7) is 4.36. The highest BCUT2D eigenvalue weighted by atomic mass is 16.5. The summed E-state index contributed by atoms with van der Waals surface area (Å²) >= 11 is 0. The molecule has 1 aliphatic carbocycles. The van der Waals surface area contributed by atoms with E-state index in [9.17, 15) is 4.79 Å². The lowest BCUT2D eigenvalue weighted by molar-refractivity contribution is 0.0734. The molecule has 2 nitrogen and oxygen atoms in total. The van der Waals surface area contributed by atoms with Gasteiger partial charge >= 0.3 is 5.97 Å². The summed E-state index contributed by atoms with van der Waals surface area (Å²) in [7, 11) is 0. The molecule has 0 aromatic heterocycles. The summed E-state index contributed by atoms with van der Waals surface area (Å²) in [5, 5.41) is 0. The molecule has 0 radical (unpaired) electrons. The molecule has 0 saturated heterocycles. The second-order valence-electron chi connectivity index (χ2n) is 6.97. The number of ether oxygens (including phenoxy) is 1. The Balaban J connectivity index is 1.51. The van der Waals surface area contributed by atoms with Crippen LogP contribution in [0.2, 0.25) is 0 Å². The molecule has 0 saturated carbocycles. The molecule has 1 unspecified atom stereocenters. The molecule has 0 N–H and O–H groups in total. The SMILES string of the molecule is CCC(C)c1ccc(C(=O)Oc2ccc3c(c2)Cc2ccccc2-3)cc1. The Morgan fingerprint density at radius 1 is 0.962 bits per heavy atom. The van der Waals surface area contributed by atoms with Gasteiger partial charge in [-0.1, -0.05) is 56.3 Å². The Hall–Kier alpha value is -2.87. The van der Waals surface area contributed by atoms with Crippen molar-refractivity contribution in [3.8, 4) is 16.9 Å². The molecule has 0 amide bonds. The maximum absolute atomic E-state index is 12.5. The molecule has 0 aliphatic heterocycles. The van der Waals surface area contributed by atoms with Gasteiger partial charge in [-0.05, 0) is 70.8 Å². The number of fused-ring (bicyclic) bond motifs is 3. The first-order valence-electron chi connectivity index (χ1n) is 9.19. The number of rotatable bonds is 4. The quantitative estimate of drug-likeness (QED) is 0.336. The van der Waals surface area contributed by atoms with Gasteiger partial charge in [-0.3, -0.25) is 0 Å². The Kier molecular flexibility index (Phi) is 4.34. The van der Waals surface area contributed by atoms with Gasteiger partial charge in [0.25, 0.3) is 0 Å². The van der Waals surface area contributed by atoms with E-state index in [0.29, 0.717) is 17.2 Å². The number of hydrogen-bond donors (Lipinski definition) is 0. The van der Waals surface area contributed by atoms with Gasteiger partial charge in [-0.2, -0.15) is 0 Å². The Morgan fingerprint density at radius 2 is 1.69 bits per heavy atom. The van der Waals surface area contributed by atoms with E-state index >= 15 is 0 Å². The number of carbonyl (C=O) groups excluding carboxylic acids is 1.